The number of carbonyl (C=O) groups excluding carboxylic acids is 1. The van der Waals surface area contributed by atoms with Crippen LogP contribution in [0.25, 0.3) is 0 Å². The van der Waals surface area contributed by atoms with Gasteiger partial charge in [0.1, 0.15) is 18.5 Å². The standard InChI is InChI=1S/C12H17F3N4O3/c1-8-16-11(18-17-8)9-6-19(3-5-22-9)10(20)2-4-21-7-12(13,14)15/h9H,2-7H2,1H3,(H,16,17,18)/t9-/m1/s1. The minimum absolute atomic E-state index is 0.101. The van der Waals surface area contributed by atoms with Crippen LogP contribution in [0, 0.1) is 6.92 Å². The fourth-order valence-electron chi connectivity index (χ4n) is 2.04. The van der Waals surface area contributed by atoms with Crippen molar-refractivity contribution in [2.24, 2.45) is 0 Å². The van der Waals surface area contributed by atoms with Crippen molar-refractivity contribution in [3.8, 4) is 0 Å². The van der Waals surface area contributed by atoms with E-state index in [4.69, 9.17) is 4.74 Å². The molecule has 1 amide bonds. The zero-order chi connectivity index (χ0) is 16.2. The third-order valence-electron chi connectivity index (χ3n) is 3.05. The second-order valence-electron chi connectivity index (χ2n) is 4.90. The van der Waals surface area contributed by atoms with Crippen LogP contribution in [0.2, 0.25) is 0 Å². The number of ether oxygens (including phenoxy) is 2. The highest BCUT2D eigenvalue weighted by Gasteiger charge is 2.29. The number of aromatic amines is 1. The van der Waals surface area contributed by atoms with Crippen molar-refractivity contribution < 1.29 is 27.4 Å². The number of morpholine rings is 1. The first-order valence-corrected chi connectivity index (χ1v) is 6.78. The van der Waals surface area contributed by atoms with Gasteiger partial charge in [-0.25, -0.2) is 4.98 Å². The minimum Gasteiger partial charge on any atom is -0.372 e. The van der Waals surface area contributed by atoms with E-state index in [9.17, 15) is 18.0 Å². The molecule has 2 heterocycles. The summed E-state index contributed by atoms with van der Waals surface area (Å²) in [6, 6.07) is 0. The van der Waals surface area contributed by atoms with E-state index in [0.29, 0.717) is 24.8 Å². The molecule has 1 atom stereocenters. The second kappa shape index (κ2) is 7.05. The molecular weight excluding hydrogens is 305 g/mol. The predicted molar refractivity (Wildman–Crippen MR) is 67.9 cm³/mol. The van der Waals surface area contributed by atoms with Gasteiger partial charge in [-0.3, -0.25) is 9.89 Å². The summed E-state index contributed by atoms with van der Waals surface area (Å²) in [6.45, 7) is 1.13. The smallest absolute Gasteiger partial charge is 0.372 e. The van der Waals surface area contributed by atoms with Gasteiger partial charge in [-0.15, -0.1) is 0 Å². The Labute approximate surface area is 124 Å². The Balaban J connectivity index is 1.78. The average molecular weight is 322 g/mol. The van der Waals surface area contributed by atoms with Gasteiger partial charge < -0.3 is 14.4 Å². The molecule has 1 fully saturated rings. The molecule has 0 spiro atoms. The SMILES string of the molecule is Cc1nc([C@H]2CN(C(=O)CCOCC(F)(F)F)CCO2)n[nH]1. The van der Waals surface area contributed by atoms with Crippen LogP contribution < -0.4 is 0 Å². The topological polar surface area (TPSA) is 80.3 Å². The largest absolute Gasteiger partial charge is 0.411 e. The number of H-pyrrole nitrogens is 1. The summed E-state index contributed by atoms with van der Waals surface area (Å²) >= 11 is 0. The number of aromatic nitrogens is 3. The maximum atomic E-state index is 12.0. The Kier molecular flexibility index (Phi) is 5.35. The van der Waals surface area contributed by atoms with E-state index >= 15 is 0 Å². The zero-order valence-corrected chi connectivity index (χ0v) is 12.0. The summed E-state index contributed by atoms with van der Waals surface area (Å²) in [4.78, 5) is 17.6. The van der Waals surface area contributed by atoms with E-state index in [1.54, 1.807) is 6.92 Å². The van der Waals surface area contributed by atoms with Crippen LogP contribution >= 0.6 is 0 Å². The summed E-state index contributed by atoms with van der Waals surface area (Å²) in [5.74, 6) is 0.827. The molecule has 22 heavy (non-hydrogen) atoms. The Morgan fingerprint density at radius 3 is 2.95 bits per heavy atom. The van der Waals surface area contributed by atoms with Crippen molar-refractivity contribution in [2.45, 2.75) is 25.6 Å². The Morgan fingerprint density at radius 2 is 2.32 bits per heavy atom. The number of hydrogen-bond acceptors (Lipinski definition) is 5. The molecular formula is C12H17F3N4O3. The van der Waals surface area contributed by atoms with Gasteiger partial charge in [0.05, 0.1) is 26.2 Å². The fraction of sp³-hybridized carbons (Fsp3) is 0.750. The summed E-state index contributed by atoms with van der Waals surface area (Å²) in [7, 11) is 0. The number of nitrogens with zero attached hydrogens (tertiary/aromatic N) is 3. The van der Waals surface area contributed by atoms with Crippen LogP contribution in [0.4, 0.5) is 13.2 Å². The molecule has 0 bridgehead atoms. The van der Waals surface area contributed by atoms with Crippen molar-refractivity contribution >= 4 is 5.91 Å². The van der Waals surface area contributed by atoms with Gasteiger partial charge >= 0.3 is 6.18 Å². The van der Waals surface area contributed by atoms with Crippen LogP contribution in [-0.4, -0.2) is 65.1 Å². The summed E-state index contributed by atoms with van der Waals surface area (Å²) in [5.41, 5.74) is 0. The normalized spacial score (nSPS) is 19.5. The van der Waals surface area contributed by atoms with Crippen LogP contribution in [-0.2, 0) is 14.3 Å². The van der Waals surface area contributed by atoms with Gasteiger partial charge in [-0.1, -0.05) is 0 Å². The van der Waals surface area contributed by atoms with Crippen molar-refractivity contribution in [2.75, 3.05) is 32.9 Å². The molecule has 1 aromatic rings. The van der Waals surface area contributed by atoms with Gasteiger partial charge in [-0.2, -0.15) is 18.3 Å². The lowest BCUT2D eigenvalue weighted by atomic mass is 10.2. The number of alkyl halides is 3. The number of aryl methyl sites for hydroxylation is 1. The number of rotatable bonds is 5. The lowest BCUT2D eigenvalue weighted by Crippen LogP contribution is -2.42. The van der Waals surface area contributed by atoms with E-state index in [-0.39, 0.29) is 25.5 Å². The van der Waals surface area contributed by atoms with Crippen LogP contribution in [0.3, 0.4) is 0 Å². The highest BCUT2D eigenvalue weighted by Crippen LogP contribution is 2.19. The van der Waals surface area contributed by atoms with Crippen LogP contribution in [0.15, 0.2) is 0 Å². The summed E-state index contributed by atoms with van der Waals surface area (Å²) in [6.07, 6.45) is -4.91. The van der Waals surface area contributed by atoms with Gasteiger partial charge in [-0.05, 0) is 6.92 Å². The molecule has 1 saturated heterocycles. The molecule has 1 aliphatic heterocycles. The molecule has 0 saturated carbocycles. The molecule has 2 rings (SSSR count). The molecule has 7 nitrogen and oxygen atoms in total. The van der Waals surface area contributed by atoms with Gasteiger partial charge in [0.15, 0.2) is 5.82 Å². The fourth-order valence-corrected chi connectivity index (χ4v) is 2.04. The van der Waals surface area contributed by atoms with Gasteiger partial charge in [0.25, 0.3) is 0 Å². The third-order valence-corrected chi connectivity index (χ3v) is 3.05. The van der Waals surface area contributed by atoms with Gasteiger partial charge in [0.2, 0.25) is 5.91 Å². The molecule has 1 aromatic heterocycles. The average Bonchev–Trinajstić information content (AvgIpc) is 2.89. The van der Waals surface area contributed by atoms with Crippen molar-refractivity contribution in [3.05, 3.63) is 11.6 Å². The first-order valence-electron chi connectivity index (χ1n) is 6.78. The number of hydrogen-bond donors (Lipinski definition) is 1. The number of amides is 1. The number of halogens is 3. The van der Waals surface area contributed by atoms with E-state index in [1.165, 1.54) is 4.90 Å². The Hall–Kier alpha value is -1.68. The first-order chi connectivity index (χ1) is 10.3. The molecule has 1 aliphatic rings. The molecule has 0 radical (unpaired) electrons. The molecule has 124 valence electrons. The Bertz CT molecular complexity index is 506. The third kappa shape index (κ3) is 4.95. The monoisotopic (exact) mass is 322 g/mol. The quantitative estimate of drug-likeness (QED) is 0.818. The molecule has 0 unspecified atom stereocenters. The van der Waals surface area contributed by atoms with Crippen molar-refractivity contribution in [3.63, 3.8) is 0 Å². The lowest BCUT2D eigenvalue weighted by Gasteiger charge is -2.31. The summed E-state index contributed by atoms with van der Waals surface area (Å²) < 4.78 is 45.7. The molecule has 1 N–H and O–H groups in total. The Morgan fingerprint density at radius 1 is 1.55 bits per heavy atom. The number of carbonyl (C=O) groups is 1. The highest BCUT2D eigenvalue weighted by molar-refractivity contribution is 5.76. The summed E-state index contributed by atoms with van der Waals surface area (Å²) in [5, 5.41) is 6.68. The van der Waals surface area contributed by atoms with E-state index in [1.807, 2.05) is 0 Å². The lowest BCUT2D eigenvalue weighted by molar-refractivity contribution is -0.175. The van der Waals surface area contributed by atoms with E-state index < -0.39 is 18.9 Å². The van der Waals surface area contributed by atoms with Crippen LogP contribution in [0.1, 0.15) is 24.2 Å². The van der Waals surface area contributed by atoms with E-state index in [2.05, 4.69) is 19.9 Å². The predicted octanol–water partition coefficient (Wildman–Crippen LogP) is 0.982. The minimum atomic E-state index is -4.38. The first kappa shape index (κ1) is 16.7. The highest BCUT2D eigenvalue weighted by atomic mass is 19.4. The maximum Gasteiger partial charge on any atom is 0.411 e. The molecule has 0 aliphatic carbocycles. The van der Waals surface area contributed by atoms with Crippen molar-refractivity contribution in [1.82, 2.24) is 20.1 Å². The van der Waals surface area contributed by atoms with E-state index in [0.717, 1.165) is 0 Å². The van der Waals surface area contributed by atoms with Crippen molar-refractivity contribution in [1.29, 1.82) is 0 Å². The zero-order valence-electron chi connectivity index (χ0n) is 12.0. The maximum absolute atomic E-state index is 12.0. The number of nitrogens with one attached hydrogen (secondary N) is 1. The molecule has 0 aromatic carbocycles. The van der Waals surface area contributed by atoms with Crippen LogP contribution in [0.5, 0.6) is 0 Å². The second-order valence-corrected chi connectivity index (χ2v) is 4.90. The molecule has 10 heteroatoms. The van der Waals surface area contributed by atoms with Gasteiger partial charge in [0, 0.05) is 6.54 Å².